The Balaban J connectivity index is 4.09. The summed E-state index contributed by atoms with van der Waals surface area (Å²) in [6, 6.07) is 0. The Morgan fingerprint density at radius 2 is 2.00 bits per heavy atom. The molecule has 0 bridgehead atoms. The lowest BCUT2D eigenvalue weighted by atomic mass is 9.88. The van der Waals surface area contributed by atoms with Crippen LogP contribution in [0.2, 0.25) is 0 Å². The van der Waals surface area contributed by atoms with Crippen LogP contribution in [-0.2, 0) is 4.79 Å². The number of alkyl halides is 1. The fourth-order valence-corrected chi connectivity index (χ4v) is 1.32. The highest BCUT2D eigenvalue weighted by Crippen LogP contribution is 2.22. The van der Waals surface area contributed by atoms with E-state index in [4.69, 9.17) is 0 Å². The molecule has 0 N–H and O–H groups in total. The number of hydrogen-bond acceptors (Lipinski definition) is 1. The number of rotatable bonds is 5. The molecule has 0 aromatic rings. The van der Waals surface area contributed by atoms with Crippen LogP contribution in [0.5, 0.6) is 0 Å². The monoisotopic (exact) mass is 249 g/mol. The summed E-state index contributed by atoms with van der Waals surface area (Å²) in [5.41, 5.74) is -0.207. The molecule has 0 radical (unpaired) electrons. The van der Waals surface area contributed by atoms with Crippen LogP contribution >= 0.6 is 15.9 Å². The molecule has 0 aliphatic rings. The molecule has 0 heterocycles. The number of halogens is 1. The van der Waals surface area contributed by atoms with Gasteiger partial charge in [-0.25, -0.2) is 0 Å². The third-order valence-electron chi connectivity index (χ3n) is 2.44. The van der Waals surface area contributed by atoms with E-state index >= 15 is 0 Å². The quantitative estimate of drug-likeness (QED) is 0.687. The Kier molecular flexibility index (Phi) is 5.61. The van der Waals surface area contributed by atoms with E-state index in [0.717, 1.165) is 24.7 Å². The molecule has 3 heteroatoms. The van der Waals surface area contributed by atoms with Gasteiger partial charge >= 0.3 is 0 Å². The van der Waals surface area contributed by atoms with Crippen LogP contribution in [0, 0.1) is 5.41 Å². The number of carbonyl (C=O) groups is 1. The Hall–Kier alpha value is -0.0500. The third-order valence-corrected chi connectivity index (χ3v) is 3.00. The van der Waals surface area contributed by atoms with Gasteiger partial charge in [0, 0.05) is 24.3 Å². The molecule has 0 spiro atoms. The molecule has 0 saturated heterocycles. The Labute approximate surface area is 89.8 Å². The zero-order valence-corrected chi connectivity index (χ0v) is 10.6. The van der Waals surface area contributed by atoms with Crippen molar-refractivity contribution in [3.8, 4) is 0 Å². The Bertz CT molecular complexity index is 168. The average molecular weight is 250 g/mol. The van der Waals surface area contributed by atoms with Gasteiger partial charge in [0.15, 0.2) is 0 Å². The molecular formula is C10H20BrNO. The van der Waals surface area contributed by atoms with Crippen molar-refractivity contribution < 1.29 is 4.79 Å². The Morgan fingerprint density at radius 1 is 1.46 bits per heavy atom. The predicted octanol–water partition coefficient (Wildman–Crippen LogP) is 2.67. The van der Waals surface area contributed by atoms with Crippen LogP contribution in [0.25, 0.3) is 0 Å². The topological polar surface area (TPSA) is 20.3 Å². The van der Waals surface area contributed by atoms with Gasteiger partial charge in [0.1, 0.15) is 0 Å². The van der Waals surface area contributed by atoms with Gasteiger partial charge in [-0.1, -0.05) is 36.7 Å². The summed E-state index contributed by atoms with van der Waals surface area (Å²) in [4.78, 5) is 13.6. The zero-order valence-electron chi connectivity index (χ0n) is 9.06. The van der Waals surface area contributed by atoms with E-state index in [-0.39, 0.29) is 11.3 Å². The van der Waals surface area contributed by atoms with Crippen molar-refractivity contribution in [2.45, 2.75) is 33.6 Å². The lowest BCUT2D eigenvalue weighted by molar-refractivity contribution is -0.139. The summed E-state index contributed by atoms with van der Waals surface area (Å²) in [7, 11) is 1.88. The third kappa shape index (κ3) is 4.12. The van der Waals surface area contributed by atoms with E-state index < -0.39 is 0 Å². The number of nitrogens with zero attached hydrogens (tertiary/aromatic N) is 1. The minimum atomic E-state index is -0.207. The van der Waals surface area contributed by atoms with Crippen LogP contribution < -0.4 is 0 Å². The van der Waals surface area contributed by atoms with Crippen molar-refractivity contribution in [2.75, 3.05) is 18.9 Å². The second-order valence-corrected chi connectivity index (χ2v) is 4.80. The van der Waals surface area contributed by atoms with E-state index in [9.17, 15) is 4.79 Å². The van der Waals surface area contributed by atoms with Crippen molar-refractivity contribution in [2.24, 2.45) is 5.41 Å². The molecule has 0 aliphatic heterocycles. The molecule has 0 fully saturated rings. The summed E-state index contributed by atoms with van der Waals surface area (Å²) in [6.45, 7) is 6.89. The minimum absolute atomic E-state index is 0.207. The van der Waals surface area contributed by atoms with Crippen molar-refractivity contribution in [3.63, 3.8) is 0 Å². The molecule has 0 aliphatic carbocycles. The van der Waals surface area contributed by atoms with Crippen molar-refractivity contribution in [3.05, 3.63) is 0 Å². The molecule has 0 atom stereocenters. The van der Waals surface area contributed by atoms with E-state index in [1.54, 1.807) is 0 Å². The summed E-state index contributed by atoms with van der Waals surface area (Å²) in [5.74, 6) is 0.246. The van der Waals surface area contributed by atoms with Gasteiger partial charge in [-0.15, -0.1) is 0 Å². The summed E-state index contributed by atoms with van der Waals surface area (Å²) in [5, 5.41) is 0.956. The van der Waals surface area contributed by atoms with Gasteiger partial charge in [0.05, 0.1) is 0 Å². The molecule has 0 saturated carbocycles. The first-order valence-electron chi connectivity index (χ1n) is 4.77. The highest BCUT2D eigenvalue weighted by molar-refractivity contribution is 9.09. The first kappa shape index (κ1) is 12.9. The molecule has 0 aromatic heterocycles. The number of carbonyl (C=O) groups excluding carboxylic acids is 1. The van der Waals surface area contributed by atoms with Crippen LogP contribution in [0.15, 0.2) is 0 Å². The minimum Gasteiger partial charge on any atom is -0.345 e. The second-order valence-electron chi connectivity index (χ2n) is 4.01. The van der Waals surface area contributed by atoms with Crippen molar-refractivity contribution in [1.29, 1.82) is 0 Å². The average Bonchev–Trinajstić information content (AvgIpc) is 2.12. The summed E-state index contributed by atoms with van der Waals surface area (Å²) >= 11 is 3.36. The van der Waals surface area contributed by atoms with Gasteiger partial charge in [-0.3, -0.25) is 4.79 Å². The van der Waals surface area contributed by atoms with E-state index in [0.29, 0.717) is 0 Å². The van der Waals surface area contributed by atoms with Crippen molar-refractivity contribution >= 4 is 21.8 Å². The maximum atomic E-state index is 11.8. The molecule has 2 nitrogen and oxygen atoms in total. The van der Waals surface area contributed by atoms with Gasteiger partial charge in [0.2, 0.25) is 5.91 Å². The van der Waals surface area contributed by atoms with Gasteiger partial charge < -0.3 is 4.90 Å². The number of hydrogen-bond donors (Lipinski definition) is 0. The fraction of sp³-hybridized carbons (Fsp3) is 0.900. The van der Waals surface area contributed by atoms with Crippen LogP contribution in [0.1, 0.15) is 33.6 Å². The van der Waals surface area contributed by atoms with Gasteiger partial charge in [0.25, 0.3) is 0 Å². The lowest BCUT2D eigenvalue weighted by Gasteiger charge is -2.28. The lowest BCUT2D eigenvalue weighted by Crippen LogP contribution is -2.38. The second kappa shape index (κ2) is 5.63. The molecule has 0 unspecified atom stereocenters. The van der Waals surface area contributed by atoms with E-state index in [1.807, 2.05) is 25.8 Å². The van der Waals surface area contributed by atoms with Crippen LogP contribution in [-0.4, -0.2) is 29.7 Å². The summed E-state index contributed by atoms with van der Waals surface area (Å²) < 4.78 is 0. The van der Waals surface area contributed by atoms with Gasteiger partial charge in [-0.05, 0) is 12.8 Å². The number of amides is 1. The molecule has 1 amide bonds. The molecule has 0 aromatic carbocycles. The maximum absolute atomic E-state index is 11.8. The standard InChI is InChI=1S/C10H20BrNO/c1-5-10(2,3)9(13)12(4)8-6-7-11/h5-8H2,1-4H3. The van der Waals surface area contributed by atoms with Crippen LogP contribution in [0.3, 0.4) is 0 Å². The zero-order chi connectivity index (χ0) is 10.5. The van der Waals surface area contributed by atoms with E-state index in [2.05, 4.69) is 22.9 Å². The summed E-state index contributed by atoms with van der Waals surface area (Å²) in [6.07, 6.45) is 1.91. The molecule has 0 rings (SSSR count). The maximum Gasteiger partial charge on any atom is 0.227 e. The predicted molar refractivity (Wildman–Crippen MR) is 60.1 cm³/mol. The van der Waals surface area contributed by atoms with E-state index in [1.165, 1.54) is 0 Å². The normalized spacial score (nSPS) is 11.5. The smallest absolute Gasteiger partial charge is 0.227 e. The van der Waals surface area contributed by atoms with Crippen LogP contribution in [0.4, 0.5) is 0 Å². The highest BCUT2D eigenvalue weighted by Gasteiger charge is 2.27. The fourth-order valence-electron chi connectivity index (χ4n) is 1.07. The molecule has 13 heavy (non-hydrogen) atoms. The molecule has 78 valence electrons. The first-order valence-corrected chi connectivity index (χ1v) is 5.89. The van der Waals surface area contributed by atoms with Crippen molar-refractivity contribution in [1.82, 2.24) is 4.90 Å². The Morgan fingerprint density at radius 3 is 2.38 bits per heavy atom. The van der Waals surface area contributed by atoms with Gasteiger partial charge in [-0.2, -0.15) is 0 Å². The first-order chi connectivity index (χ1) is 5.95. The molecular weight excluding hydrogens is 230 g/mol. The largest absolute Gasteiger partial charge is 0.345 e. The SMILES string of the molecule is CCC(C)(C)C(=O)N(C)CCCBr. The highest BCUT2D eigenvalue weighted by atomic mass is 79.9.